The zero-order valence-electron chi connectivity index (χ0n) is 11.6. The van der Waals surface area contributed by atoms with E-state index in [0.717, 1.165) is 16.5 Å². The fourth-order valence-corrected chi connectivity index (χ4v) is 3.35. The third-order valence-electron chi connectivity index (χ3n) is 3.96. The molecular weight excluding hydrogens is 303 g/mol. The maximum Gasteiger partial charge on any atom is 0.127 e. The van der Waals surface area contributed by atoms with E-state index in [-0.39, 0.29) is 11.2 Å². The van der Waals surface area contributed by atoms with Crippen LogP contribution in [0.2, 0.25) is 0 Å². The van der Waals surface area contributed by atoms with Crippen molar-refractivity contribution in [3.63, 3.8) is 0 Å². The van der Waals surface area contributed by atoms with E-state index < -0.39 is 0 Å². The highest BCUT2D eigenvalue weighted by Crippen LogP contribution is 2.42. The fraction of sp³-hybridized carbons (Fsp3) is 0.412. The highest BCUT2D eigenvalue weighted by molar-refractivity contribution is 9.10. The lowest BCUT2D eigenvalue weighted by Gasteiger charge is -2.34. The van der Waals surface area contributed by atoms with Gasteiger partial charge in [0.15, 0.2) is 0 Å². The van der Waals surface area contributed by atoms with Gasteiger partial charge in [0.2, 0.25) is 0 Å². The number of allylic oxidation sites excluding steroid dienone is 3. The van der Waals surface area contributed by atoms with Crippen LogP contribution in [0.4, 0.5) is 4.39 Å². The molecule has 1 aromatic rings. The Morgan fingerprint density at radius 3 is 2.79 bits per heavy atom. The molecule has 0 aliphatic heterocycles. The SMILES string of the molecule is C=C1CCCC(C)(C)/C1=C/Cc1c(F)cccc1Br. The first-order valence-corrected chi connectivity index (χ1v) is 7.53. The Bertz CT molecular complexity index is 506. The van der Waals surface area contributed by atoms with Crippen LogP contribution in [0.15, 0.2) is 46.5 Å². The highest BCUT2D eigenvalue weighted by atomic mass is 79.9. The molecule has 0 amide bonds. The van der Waals surface area contributed by atoms with Crippen LogP contribution < -0.4 is 0 Å². The zero-order chi connectivity index (χ0) is 14.0. The summed E-state index contributed by atoms with van der Waals surface area (Å²) in [6.07, 6.45) is 6.21. The van der Waals surface area contributed by atoms with Crippen LogP contribution in [0.3, 0.4) is 0 Å². The minimum Gasteiger partial charge on any atom is -0.207 e. The van der Waals surface area contributed by atoms with E-state index in [9.17, 15) is 4.39 Å². The molecule has 0 N–H and O–H groups in total. The van der Waals surface area contributed by atoms with Gasteiger partial charge < -0.3 is 0 Å². The van der Waals surface area contributed by atoms with Crippen molar-refractivity contribution in [3.05, 3.63) is 57.9 Å². The van der Waals surface area contributed by atoms with E-state index in [1.165, 1.54) is 30.1 Å². The Morgan fingerprint density at radius 2 is 2.16 bits per heavy atom. The normalized spacial score (nSPS) is 20.8. The molecule has 1 saturated carbocycles. The van der Waals surface area contributed by atoms with E-state index >= 15 is 0 Å². The fourth-order valence-electron chi connectivity index (χ4n) is 2.84. The smallest absolute Gasteiger partial charge is 0.127 e. The molecule has 0 heterocycles. The number of benzene rings is 1. The zero-order valence-corrected chi connectivity index (χ0v) is 13.2. The maximum atomic E-state index is 13.8. The Hall–Kier alpha value is -0.890. The molecular formula is C17H20BrF. The minimum absolute atomic E-state index is 0.148. The summed E-state index contributed by atoms with van der Waals surface area (Å²) in [7, 11) is 0. The van der Waals surface area contributed by atoms with Gasteiger partial charge >= 0.3 is 0 Å². The molecule has 1 aliphatic carbocycles. The summed E-state index contributed by atoms with van der Waals surface area (Å²) in [5, 5.41) is 0. The van der Waals surface area contributed by atoms with Gasteiger partial charge in [-0.15, -0.1) is 0 Å². The van der Waals surface area contributed by atoms with Crippen molar-refractivity contribution in [2.45, 2.75) is 39.5 Å². The second kappa shape index (κ2) is 5.62. The number of rotatable bonds is 2. The van der Waals surface area contributed by atoms with Crippen LogP contribution >= 0.6 is 15.9 Å². The first-order chi connectivity index (χ1) is 8.92. The van der Waals surface area contributed by atoms with E-state index in [1.807, 2.05) is 6.07 Å². The maximum absolute atomic E-state index is 13.8. The summed E-state index contributed by atoms with van der Waals surface area (Å²) in [6.45, 7) is 8.67. The lowest BCUT2D eigenvalue weighted by molar-refractivity contribution is 0.370. The molecule has 0 saturated heterocycles. The van der Waals surface area contributed by atoms with Crippen molar-refractivity contribution < 1.29 is 4.39 Å². The van der Waals surface area contributed by atoms with Crippen molar-refractivity contribution in [3.8, 4) is 0 Å². The second-order valence-electron chi connectivity index (χ2n) is 5.86. The molecule has 19 heavy (non-hydrogen) atoms. The molecule has 1 aliphatic rings. The lowest BCUT2D eigenvalue weighted by Crippen LogP contribution is -2.21. The first-order valence-electron chi connectivity index (χ1n) is 6.73. The van der Waals surface area contributed by atoms with Crippen molar-refractivity contribution in [2.75, 3.05) is 0 Å². The molecule has 0 bridgehead atoms. The van der Waals surface area contributed by atoms with Gasteiger partial charge in [0, 0.05) is 10.0 Å². The van der Waals surface area contributed by atoms with E-state index in [0.29, 0.717) is 6.42 Å². The molecule has 0 spiro atoms. The molecule has 0 aromatic heterocycles. The predicted octanol–water partition coefficient (Wildman–Crippen LogP) is 5.82. The van der Waals surface area contributed by atoms with Crippen molar-refractivity contribution in [1.82, 2.24) is 0 Å². The van der Waals surface area contributed by atoms with Gasteiger partial charge in [-0.05, 0) is 48.8 Å². The van der Waals surface area contributed by atoms with Crippen molar-refractivity contribution in [1.29, 1.82) is 0 Å². The summed E-state index contributed by atoms with van der Waals surface area (Å²) in [4.78, 5) is 0. The van der Waals surface area contributed by atoms with Crippen LogP contribution in [0.25, 0.3) is 0 Å². The molecule has 1 fully saturated rings. The Labute approximate surface area is 123 Å². The lowest BCUT2D eigenvalue weighted by atomic mass is 9.71. The molecule has 0 atom stereocenters. The Kier molecular flexibility index (Phi) is 4.29. The highest BCUT2D eigenvalue weighted by Gasteiger charge is 2.28. The average molecular weight is 323 g/mol. The third-order valence-corrected chi connectivity index (χ3v) is 4.71. The average Bonchev–Trinajstić information content (AvgIpc) is 2.31. The van der Waals surface area contributed by atoms with Gasteiger partial charge in [-0.3, -0.25) is 0 Å². The molecule has 0 nitrogen and oxygen atoms in total. The molecule has 2 rings (SSSR count). The number of hydrogen-bond acceptors (Lipinski definition) is 0. The summed E-state index contributed by atoms with van der Waals surface area (Å²) >= 11 is 3.42. The molecule has 0 unspecified atom stereocenters. The van der Waals surface area contributed by atoms with Gasteiger partial charge in [0.25, 0.3) is 0 Å². The van der Waals surface area contributed by atoms with Crippen molar-refractivity contribution in [2.24, 2.45) is 5.41 Å². The van der Waals surface area contributed by atoms with Crippen LogP contribution in [0.5, 0.6) is 0 Å². The van der Waals surface area contributed by atoms with Gasteiger partial charge in [0.1, 0.15) is 5.82 Å². The van der Waals surface area contributed by atoms with E-state index in [4.69, 9.17) is 0 Å². The van der Waals surface area contributed by atoms with Gasteiger partial charge in [-0.25, -0.2) is 4.39 Å². The summed E-state index contributed by atoms with van der Waals surface area (Å²) in [5.41, 5.74) is 3.40. The second-order valence-corrected chi connectivity index (χ2v) is 6.72. The van der Waals surface area contributed by atoms with Crippen LogP contribution in [-0.2, 0) is 6.42 Å². The van der Waals surface area contributed by atoms with Gasteiger partial charge in [-0.2, -0.15) is 0 Å². The monoisotopic (exact) mass is 322 g/mol. The molecule has 1 aromatic carbocycles. The molecule has 2 heteroatoms. The van der Waals surface area contributed by atoms with E-state index in [2.05, 4.69) is 42.4 Å². The Morgan fingerprint density at radius 1 is 1.42 bits per heavy atom. The van der Waals surface area contributed by atoms with Crippen LogP contribution in [-0.4, -0.2) is 0 Å². The first kappa shape index (κ1) is 14.5. The van der Waals surface area contributed by atoms with Crippen molar-refractivity contribution >= 4 is 15.9 Å². The standard InChI is InChI=1S/C17H20BrF/c1-12-6-5-11-17(2,3)14(12)10-9-13-15(18)7-4-8-16(13)19/h4,7-8,10H,1,5-6,9,11H2,2-3H3/b14-10+. The summed E-state index contributed by atoms with van der Waals surface area (Å²) in [6, 6.07) is 5.12. The molecule has 102 valence electrons. The number of hydrogen-bond donors (Lipinski definition) is 0. The van der Waals surface area contributed by atoms with Crippen LogP contribution in [0, 0.1) is 11.2 Å². The summed E-state index contributed by atoms with van der Waals surface area (Å²) < 4.78 is 14.6. The minimum atomic E-state index is -0.148. The predicted molar refractivity (Wildman–Crippen MR) is 82.7 cm³/mol. The molecule has 0 radical (unpaired) electrons. The largest absolute Gasteiger partial charge is 0.207 e. The number of halogens is 2. The van der Waals surface area contributed by atoms with Crippen LogP contribution in [0.1, 0.15) is 38.7 Å². The third kappa shape index (κ3) is 3.17. The topological polar surface area (TPSA) is 0 Å². The van der Waals surface area contributed by atoms with Gasteiger partial charge in [-0.1, -0.05) is 54.1 Å². The Balaban J connectivity index is 2.28. The van der Waals surface area contributed by atoms with Gasteiger partial charge in [0.05, 0.1) is 0 Å². The summed E-state index contributed by atoms with van der Waals surface area (Å²) in [5.74, 6) is -0.148. The quantitative estimate of drug-likeness (QED) is 0.643. The van der Waals surface area contributed by atoms with E-state index in [1.54, 1.807) is 6.07 Å².